The molecule has 36 heavy (non-hydrogen) atoms. The van der Waals surface area contributed by atoms with Gasteiger partial charge in [-0.1, -0.05) is 29.5 Å². The molecule has 1 aromatic carbocycles. The SMILES string of the molecule is CC(=O)OC[C@H]1O[C@@H](N2C=NC3C(Sc4ccc(C)cc4)=NC(=O)N=C32)[C@@H](OC(C)=O)[C@H]1OC(C)=O. The van der Waals surface area contributed by atoms with Crippen molar-refractivity contribution in [2.45, 2.75) is 63.2 Å². The summed E-state index contributed by atoms with van der Waals surface area (Å²) in [6, 6.07) is 6.31. The van der Waals surface area contributed by atoms with Crippen LogP contribution in [0, 0.1) is 6.92 Å². The third-order valence-electron chi connectivity index (χ3n) is 5.36. The molecule has 1 fully saturated rings. The van der Waals surface area contributed by atoms with Crippen LogP contribution in [0.5, 0.6) is 0 Å². The van der Waals surface area contributed by atoms with E-state index in [1.807, 2.05) is 31.2 Å². The fourth-order valence-corrected chi connectivity index (χ4v) is 4.81. The Balaban J connectivity index is 1.60. The number of carbonyl (C=O) groups is 4. The molecule has 0 aromatic heterocycles. The summed E-state index contributed by atoms with van der Waals surface area (Å²) in [5, 5.41) is 0.419. The van der Waals surface area contributed by atoms with Crippen LogP contribution in [-0.2, 0) is 33.3 Å². The Morgan fingerprint density at radius 1 is 1.00 bits per heavy atom. The lowest BCUT2D eigenvalue weighted by Gasteiger charge is -2.30. The number of benzene rings is 1. The van der Waals surface area contributed by atoms with Gasteiger partial charge in [-0.05, 0) is 19.1 Å². The number of rotatable bonds is 6. The van der Waals surface area contributed by atoms with Gasteiger partial charge < -0.3 is 18.9 Å². The van der Waals surface area contributed by atoms with Crippen LogP contribution in [0.2, 0.25) is 0 Å². The molecule has 12 nitrogen and oxygen atoms in total. The van der Waals surface area contributed by atoms with Gasteiger partial charge in [0.05, 0.1) is 6.34 Å². The van der Waals surface area contributed by atoms with Crippen LogP contribution in [0.4, 0.5) is 4.79 Å². The maximum atomic E-state index is 12.4. The second-order valence-corrected chi connectivity index (χ2v) is 9.30. The van der Waals surface area contributed by atoms with Crippen LogP contribution in [0.3, 0.4) is 0 Å². The van der Waals surface area contributed by atoms with Crippen molar-refractivity contribution in [1.29, 1.82) is 0 Å². The second kappa shape index (κ2) is 10.6. The number of fused-ring (bicyclic) bond motifs is 1. The summed E-state index contributed by atoms with van der Waals surface area (Å²) in [7, 11) is 0. The number of amides is 2. The van der Waals surface area contributed by atoms with Gasteiger partial charge in [0.2, 0.25) is 0 Å². The number of carbonyl (C=O) groups excluding carboxylic acids is 4. The molecule has 0 radical (unpaired) electrons. The topological polar surface area (TPSA) is 146 Å². The zero-order valence-corrected chi connectivity index (χ0v) is 20.8. The Kier molecular flexibility index (Phi) is 7.50. The molecule has 1 saturated heterocycles. The first-order valence-electron chi connectivity index (χ1n) is 11.0. The summed E-state index contributed by atoms with van der Waals surface area (Å²) < 4.78 is 22.0. The third kappa shape index (κ3) is 5.62. The molecule has 0 aliphatic carbocycles. The molecule has 1 unspecified atom stereocenters. The molecule has 2 amide bonds. The van der Waals surface area contributed by atoms with Crippen molar-refractivity contribution in [1.82, 2.24) is 4.90 Å². The van der Waals surface area contributed by atoms with Gasteiger partial charge in [0.15, 0.2) is 24.5 Å². The standard InChI is InChI=1S/C23H24N4O8S/c1-11-5-7-15(8-6-11)36-21-17-20(25-23(31)26-21)27(10-24-17)22-19(34-14(4)30)18(33-13(3)29)16(35-22)9-32-12(2)28/h5-8,10,16-19,22H,9H2,1-4H3/t16-,17?,18+,19+,22-/m1/s1. The van der Waals surface area contributed by atoms with E-state index < -0.39 is 54.5 Å². The maximum absolute atomic E-state index is 12.4. The van der Waals surface area contributed by atoms with Gasteiger partial charge in [-0.3, -0.25) is 24.3 Å². The highest BCUT2D eigenvalue weighted by Gasteiger charge is 2.54. The lowest BCUT2D eigenvalue weighted by molar-refractivity contribution is -0.166. The predicted octanol–water partition coefficient (Wildman–Crippen LogP) is 1.88. The smallest absolute Gasteiger partial charge is 0.369 e. The summed E-state index contributed by atoms with van der Waals surface area (Å²) >= 11 is 1.29. The Morgan fingerprint density at radius 3 is 2.31 bits per heavy atom. The van der Waals surface area contributed by atoms with Gasteiger partial charge in [0.1, 0.15) is 23.6 Å². The minimum absolute atomic E-state index is 0.224. The quantitative estimate of drug-likeness (QED) is 0.406. The molecule has 0 saturated carbocycles. The summed E-state index contributed by atoms with van der Waals surface area (Å²) in [6.07, 6.45) is -2.81. The van der Waals surface area contributed by atoms with Crippen molar-refractivity contribution in [3.05, 3.63) is 29.8 Å². The van der Waals surface area contributed by atoms with Crippen molar-refractivity contribution in [2.24, 2.45) is 15.0 Å². The van der Waals surface area contributed by atoms with Crippen LogP contribution < -0.4 is 0 Å². The van der Waals surface area contributed by atoms with E-state index in [2.05, 4.69) is 15.0 Å². The van der Waals surface area contributed by atoms with Crippen LogP contribution in [0.15, 0.2) is 44.1 Å². The van der Waals surface area contributed by atoms with E-state index in [9.17, 15) is 19.2 Å². The summed E-state index contributed by atoms with van der Waals surface area (Å²) in [4.78, 5) is 62.4. The molecular formula is C23H24N4O8S. The summed E-state index contributed by atoms with van der Waals surface area (Å²) in [5.74, 6) is -1.63. The number of ether oxygens (including phenoxy) is 4. The molecule has 3 aliphatic heterocycles. The van der Waals surface area contributed by atoms with Crippen LogP contribution in [0.25, 0.3) is 0 Å². The molecule has 0 bridgehead atoms. The first-order chi connectivity index (χ1) is 17.1. The molecule has 190 valence electrons. The highest BCUT2D eigenvalue weighted by Crippen LogP contribution is 2.34. The van der Waals surface area contributed by atoms with Crippen molar-refractivity contribution in [2.75, 3.05) is 6.61 Å². The Morgan fingerprint density at radius 2 is 1.67 bits per heavy atom. The molecular weight excluding hydrogens is 492 g/mol. The van der Waals surface area contributed by atoms with Gasteiger partial charge in [0, 0.05) is 25.7 Å². The number of aliphatic imine (C=N–C) groups is 3. The van der Waals surface area contributed by atoms with Gasteiger partial charge in [-0.2, -0.15) is 9.98 Å². The van der Waals surface area contributed by atoms with E-state index in [0.717, 1.165) is 10.5 Å². The highest BCUT2D eigenvalue weighted by molar-refractivity contribution is 8.14. The number of thioether (sulfide) groups is 1. The van der Waals surface area contributed by atoms with Crippen molar-refractivity contribution in [3.8, 4) is 0 Å². The zero-order valence-electron chi connectivity index (χ0n) is 19.9. The summed E-state index contributed by atoms with van der Waals surface area (Å²) in [5.41, 5.74) is 1.09. The van der Waals surface area contributed by atoms with Gasteiger partial charge in [-0.15, -0.1) is 0 Å². The van der Waals surface area contributed by atoms with Gasteiger partial charge >= 0.3 is 23.9 Å². The van der Waals surface area contributed by atoms with Crippen LogP contribution in [-0.4, -0.2) is 83.2 Å². The molecule has 3 heterocycles. The molecule has 0 N–H and O–H groups in total. The summed E-state index contributed by atoms with van der Waals surface area (Å²) in [6.45, 7) is 5.34. The highest BCUT2D eigenvalue weighted by atomic mass is 32.2. The first kappa shape index (κ1) is 25.5. The zero-order chi connectivity index (χ0) is 26.0. The molecule has 4 rings (SSSR count). The number of amidine groups is 1. The average molecular weight is 517 g/mol. The minimum Gasteiger partial charge on any atom is -0.463 e. The molecule has 1 aromatic rings. The van der Waals surface area contributed by atoms with E-state index in [4.69, 9.17) is 18.9 Å². The normalized spacial score (nSPS) is 26.7. The Bertz CT molecular complexity index is 1170. The number of aryl methyl sites for hydroxylation is 1. The number of urea groups is 1. The Labute approximate surface area is 210 Å². The van der Waals surface area contributed by atoms with E-state index in [1.165, 1.54) is 43.8 Å². The van der Waals surface area contributed by atoms with E-state index in [-0.39, 0.29) is 12.4 Å². The Hall–Kier alpha value is -3.58. The van der Waals surface area contributed by atoms with Crippen molar-refractivity contribution < 1.29 is 38.1 Å². The van der Waals surface area contributed by atoms with Crippen LogP contribution >= 0.6 is 11.8 Å². The predicted molar refractivity (Wildman–Crippen MR) is 128 cm³/mol. The monoisotopic (exact) mass is 516 g/mol. The number of hydrogen-bond acceptors (Lipinski definition) is 11. The van der Waals surface area contributed by atoms with E-state index in [1.54, 1.807) is 0 Å². The fraction of sp³-hybridized carbons (Fsp3) is 0.435. The first-order valence-corrected chi connectivity index (χ1v) is 11.8. The van der Waals surface area contributed by atoms with E-state index in [0.29, 0.717) is 5.04 Å². The van der Waals surface area contributed by atoms with Crippen LogP contribution in [0.1, 0.15) is 26.3 Å². The van der Waals surface area contributed by atoms with Gasteiger partial charge in [0.25, 0.3) is 0 Å². The number of esters is 3. The maximum Gasteiger partial charge on any atom is 0.369 e. The molecule has 0 spiro atoms. The molecule has 3 aliphatic rings. The van der Waals surface area contributed by atoms with Gasteiger partial charge in [-0.25, -0.2) is 4.79 Å². The fourth-order valence-electron chi connectivity index (χ4n) is 3.90. The average Bonchev–Trinajstić information content (AvgIpc) is 3.35. The van der Waals surface area contributed by atoms with E-state index >= 15 is 0 Å². The van der Waals surface area contributed by atoms with Crippen molar-refractivity contribution >= 4 is 52.9 Å². The number of hydrogen-bond donors (Lipinski definition) is 0. The third-order valence-corrected chi connectivity index (χ3v) is 6.39. The lowest BCUT2D eigenvalue weighted by atomic mass is 10.1. The minimum atomic E-state index is -1.12. The molecule has 13 heteroatoms. The lowest BCUT2D eigenvalue weighted by Crippen LogP contribution is -2.50. The number of nitrogens with zero attached hydrogens (tertiary/aromatic N) is 4. The largest absolute Gasteiger partial charge is 0.463 e. The molecule has 5 atom stereocenters. The second-order valence-electron chi connectivity index (χ2n) is 8.21. The van der Waals surface area contributed by atoms with Crippen molar-refractivity contribution in [3.63, 3.8) is 0 Å².